The smallest absolute Gasteiger partial charge is 0.337 e. The van der Waals surface area contributed by atoms with Crippen molar-refractivity contribution in [3.63, 3.8) is 0 Å². The second-order valence-electron chi connectivity index (χ2n) is 4.10. The molecule has 0 saturated heterocycles. The molecule has 2 aromatic rings. The summed E-state index contributed by atoms with van der Waals surface area (Å²) in [5.74, 6) is -3.90. The fraction of sp³-hybridized carbons (Fsp3) is 0. The molecule has 102 valence electrons. The molecule has 0 spiro atoms. The maximum absolute atomic E-state index is 11.2. The van der Waals surface area contributed by atoms with E-state index in [4.69, 9.17) is 21.1 Å². The van der Waals surface area contributed by atoms with E-state index in [0.717, 1.165) is 12.1 Å². The van der Waals surface area contributed by atoms with Crippen LogP contribution in [0.2, 0.25) is 0 Å². The molecule has 0 radical (unpaired) electrons. The van der Waals surface area contributed by atoms with Crippen molar-refractivity contribution < 1.29 is 29.7 Å². The second kappa shape index (κ2) is 4.54. The first-order valence-corrected chi connectivity index (χ1v) is 5.38. The van der Waals surface area contributed by atoms with Crippen LogP contribution >= 0.6 is 0 Å². The Morgan fingerprint density at radius 1 is 0.800 bits per heavy atom. The Hall–Kier alpha value is -3.09. The molecule has 5 N–H and O–H groups in total. The number of benzene rings is 2. The lowest BCUT2D eigenvalue weighted by molar-refractivity contribution is 0.0684. The molecular weight excluding hydrogens is 266 g/mol. The highest BCUT2D eigenvalue weighted by Crippen LogP contribution is 2.27. The molecule has 0 aromatic heterocycles. The van der Waals surface area contributed by atoms with Crippen molar-refractivity contribution >= 4 is 34.4 Å². The highest BCUT2D eigenvalue weighted by molar-refractivity contribution is 6.10. The van der Waals surface area contributed by atoms with Gasteiger partial charge in [-0.3, -0.25) is 0 Å². The van der Waals surface area contributed by atoms with Crippen LogP contribution in [-0.4, -0.2) is 33.2 Å². The largest absolute Gasteiger partial charge is 0.478 e. The lowest BCUT2D eigenvalue weighted by Gasteiger charge is -2.08. The van der Waals surface area contributed by atoms with E-state index in [9.17, 15) is 14.4 Å². The Bertz CT molecular complexity index is 765. The highest BCUT2D eigenvalue weighted by Gasteiger charge is 2.17. The van der Waals surface area contributed by atoms with Crippen LogP contribution in [0, 0.1) is 0 Å². The minimum atomic E-state index is -1.32. The molecule has 0 bridgehead atoms. The number of rotatable bonds is 3. The molecule has 0 saturated carbocycles. The van der Waals surface area contributed by atoms with Gasteiger partial charge in [-0.25, -0.2) is 14.4 Å². The van der Waals surface area contributed by atoms with E-state index in [-0.39, 0.29) is 33.2 Å². The molecule has 0 aliphatic rings. The van der Waals surface area contributed by atoms with Crippen LogP contribution in [0.5, 0.6) is 0 Å². The van der Waals surface area contributed by atoms with Gasteiger partial charge in [0.1, 0.15) is 0 Å². The summed E-state index contributed by atoms with van der Waals surface area (Å²) in [5, 5.41) is 27.4. The Labute approximate surface area is 111 Å². The van der Waals surface area contributed by atoms with Crippen molar-refractivity contribution in [3.8, 4) is 0 Å². The Morgan fingerprint density at radius 3 is 1.90 bits per heavy atom. The Morgan fingerprint density at radius 2 is 1.40 bits per heavy atom. The fourth-order valence-electron chi connectivity index (χ4n) is 1.91. The lowest BCUT2D eigenvalue weighted by atomic mass is 9.98. The summed E-state index contributed by atoms with van der Waals surface area (Å²) in [5.41, 5.74) is 4.78. The molecule has 0 aliphatic carbocycles. The minimum Gasteiger partial charge on any atom is -0.478 e. The van der Waals surface area contributed by atoms with Crippen molar-refractivity contribution in [1.29, 1.82) is 0 Å². The average Bonchev–Trinajstić information content (AvgIpc) is 2.36. The van der Waals surface area contributed by atoms with Crippen LogP contribution < -0.4 is 5.73 Å². The van der Waals surface area contributed by atoms with Gasteiger partial charge in [-0.15, -0.1) is 0 Å². The van der Waals surface area contributed by atoms with Gasteiger partial charge in [0, 0.05) is 5.69 Å². The molecule has 0 amide bonds. The topological polar surface area (TPSA) is 138 Å². The standard InChI is InChI=1S/C13H9NO6/c14-10-4-7-5(2-9(10)13(19)20)1-6(11(15)16)3-8(7)12(17)18/h1-4H,14H2,(H,15,16)(H,17,18)(H,19,20). The van der Waals surface area contributed by atoms with Crippen LogP contribution in [0.1, 0.15) is 31.1 Å². The van der Waals surface area contributed by atoms with Gasteiger partial charge in [0.2, 0.25) is 0 Å². The van der Waals surface area contributed by atoms with Crippen molar-refractivity contribution in [1.82, 2.24) is 0 Å². The summed E-state index contributed by atoms with van der Waals surface area (Å²) in [6, 6.07) is 4.59. The first-order valence-electron chi connectivity index (χ1n) is 5.38. The molecule has 0 unspecified atom stereocenters. The first-order chi connectivity index (χ1) is 9.31. The van der Waals surface area contributed by atoms with Crippen LogP contribution in [-0.2, 0) is 0 Å². The van der Waals surface area contributed by atoms with Gasteiger partial charge in [0.15, 0.2) is 0 Å². The number of fused-ring (bicyclic) bond motifs is 1. The third-order valence-electron chi connectivity index (χ3n) is 2.83. The molecular formula is C13H9NO6. The second-order valence-corrected chi connectivity index (χ2v) is 4.10. The van der Waals surface area contributed by atoms with Crippen molar-refractivity contribution in [2.45, 2.75) is 0 Å². The number of hydrogen-bond donors (Lipinski definition) is 4. The van der Waals surface area contributed by atoms with Gasteiger partial charge in [-0.2, -0.15) is 0 Å². The van der Waals surface area contributed by atoms with E-state index in [2.05, 4.69) is 0 Å². The van der Waals surface area contributed by atoms with Gasteiger partial charge in [0.25, 0.3) is 0 Å². The third kappa shape index (κ3) is 2.12. The zero-order valence-electron chi connectivity index (χ0n) is 9.95. The lowest BCUT2D eigenvalue weighted by Crippen LogP contribution is -2.06. The van der Waals surface area contributed by atoms with Gasteiger partial charge >= 0.3 is 17.9 Å². The van der Waals surface area contributed by atoms with Gasteiger partial charge in [-0.05, 0) is 35.0 Å². The van der Waals surface area contributed by atoms with Crippen LogP contribution in [0.15, 0.2) is 24.3 Å². The summed E-state index contributed by atoms with van der Waals surface area (Å²) in [6.45, 7) is 0. The number of carboxylic acids is 3. The van der Waals surface area contributed by atoms with Crippen molar-refractivity contribution in [3.05, 3.63) is 41.0 Å². The van der Waals surface area contributed by atoms with Gasteiger partial charge < -0.3 is 21.1 Å². The molecule has 7 nitrogen and oxygen atoms in total. The number of nitrogens with two attached hydrogens (primary N) is 1. The molecule has 2 rings (SSSR count). The molecule has 20 heavy (non-hydrogen) atoms. The first kappa shape index (κ1) is 13.3. The maximum Gasteiger partial charge on any atom is 0.337 e. The third-order valence-corrected chi connectivity index (χ3v) is 2.83. The Kier molecular flexibility index (Phi) is 3.03. The normalized spacial score (nSPS) is 10.4. The van der Waals surface area contributed by atoms with Crippen LogP contribution in [0.4, 0.5) is 5.69 Å². The number of aromatic carboxylic acids is 3. The highest BCUT2D eigenvalue weighted by atomic mass is 16.4. The molecule has 0 atom stereocenters. The number of carboxylic acid groups (broad SMARTS) is 3. The number of hydrogen-bond acceptors (Lipinski definition) is 4. The summed E-state index contributed by atoms with van der Waals surface area (Å²) in [7, 11) is 0. The van der Waals surface area contributed by atoms with Crippen LogP contribution in [0.25, 0.3) is 10.8 Å². The van der Waals surface area contributed by atoms with E-state index >= 15 is 0 Å². The monoisotopic (exact) mass is 275 g/mol. The van der Waals surface area contributed by atoms with E-state index < -0.39 is 17.9 Å². The quantitative estimate of drug-likeness (QED) is 0.623. The van der Waals surface area contributed by atoms with Gasteiger partial charge in [-0.1, -0.05) is 0 Å². The van der Waals surface area contributed by atoms with E-state index in [1.807, 2.05) is 0 Å². The average molecular weight is 275 g/mol. The molecule has 0 fully saturated rings. The molecule has 0 heterocycles. The molecule has 0 aliphatic heterocycles. The zero-order chi connectivity index (χ0) is 15.0. The Balaban J connectivity index is 2.90. The van der Waals surface area contributed by atoms with Crippen LogP contribution in [0.3, 0.4) is 0 Å². The number of nitrogen functional groups attached to an aromatic ring is 1. The predicted octanol–water partition coefficient (Wildman–Crippen LogP) is 1.52. The van der Waals surface area contributed by atoms with E-state index in [1.54, 1.807) is 0 Å². The summed E-state index contributed by atoms with van der Waals surface area (Å²) in [6.07, 6.45) is 0. The summed E-state index contributed by atoms with van der Waals surface area (Å²) in [4.78, 5) is 33.1. The van der Waals surface area contributed by atoms with Gasteiger partial charge in [0.05, 0.1) is 16.7 Å². The van der Waals surface area contributed by atoms with E-state index in [0.29, 0.717) is 0 Å². The summed E-state index contributed by atoms with van der Waals surface area (Å²) < 4.78 is 0. The SMILES string of the molecule is Nc1cc2c(C(=O)O)cc(C(=O)O)cc2cc1C(=O)O. The number of carbonyl (C=O) groups is 3. The van der Waals surface area contributed by atoms with Crippen molar-refractivity contribution in [2.24, 2.45) is 0 Å². The van der Waals surface area contributed by atoms with Crippen molar-refractivity contribution in [2.75, 3.05) is 5.73 Å². The summed E-state index contributed by atoms with van der Waals surface area (Å²) >= 11 is 0. The zero-order valence-corrected chi connectivity index (χ0v) is 9.95. The predicted molar refractivity (Wildman–Crippen MR) is 69.2 cm³/mol. The molecule has 7 heteroatoms. The maximum atomic E-state index is 11.2. The number of anilines is 1. The molecule has 2 aromatic carbocycles. The fourth-order valence-corrected chi connectivity index (χ4v) is 1.91. The van der Waals surface area contributed by atoms with E-state index in [1.165, 1.54) is 12.1 Å². The minimum absolute atomic E-state index is 0.0874.